The first-order valence-electron chi connectivity index (χ1n) is 9.46. The van der Waals surface area contributed by atoms with Gasteiger partial charge < -0.3 is 9.47 Å². The number of aryl methyl sites for hydroxylation is 1. The monoisotopic (exact) mass is 437 g/mol. The first-order valence-corrected chi connectivity index (χ1v) is 10.9. The van der Waals surface area contributed by atoms with Crippen LogP contribution in [0.4, 0.5) is 0 Å². The third-order valence-electron chi connectivity index (χ3n) is 4.60. The van der Waals surface area contributed by atoms with Crippen molar-refractivity contribution in [2.45, 2.75) is 11.8 Å². The largest absolute Gasteiger partial charge is 0.497 e. The molecule has 0 bridgehead atoms. The maximum atomic E-state index is 12.7. The van der Waals surface area contributed by atoms with Gasteiger partial charge in [-0.2, -0.15) is 0 Å². The quantitative estimate of drug-likeness (QED) is 0.566. The van der Waals surface area contributed by atoms with E-state index in [0.29, 0.717) is 28.2 Å². The Balaban J connectivity index is 2.01. The summed E-state index contributed by atoms with van der Waals surface area (Å²) in [5.41, 5.74) is 2.82. The van der Waals surface area contributed by atoms with Crippen LogP contribution in [0.15, 0.2) is 83.8 Å². The van der Waals surface area contributed by atoms with Crippen molar-refractivity contribution in [3.05, 3.63) is 95.6 Å². The van der Waals surface area contributed by atoms with E-state index in [2.05, 4.69) is 4.72 Å². The Bertz CT molecular complexity index is 1170. The zero-order valence-electron chi connectivity index (χ0n) is 17.5. The molecule has 0 radical (unpaired) electrons. The summed E-state index contributed by atoms with van der Waals surface area (Å²) in [5.74, 6) is 0.458. The maximum absolute atomic E-state index is 12.7. The molecule has 1 N–H and O–H groups in total. The number of hydrogen-bond acceptors (Lipinski definition) is 5. The number of benzene rings is 3. The highest BCUT2D eigenvalue weighted by Gasteiger charge is 2.18. The van der Waals surface area contributed by atoms with Gasteiger partial charge in [-0.05, 0) is 60.0 Å². The first-order chi connectivity index (χ1) is 14.8. The van der Waals surface area contributed by atoms with E-state index >= 15 is 0 Å². The molecule has 0 saturated heterocycles. The van der Waals surface area contributed by atoms with Gasteiger partial charge in [-0.15, -0.1) is 0 Å². The van der Waals surface area contributed by atoms with Gasteiger partial charge in [0, 0.05) is 6.08 Å². The summed E-state index contributed by atoms with van der Waals surface area (Å²) in [6.07, 6.45) is 1.26. The summed E-state index contributed by atoms with van der Waals surface area (Å²) in [4.78, 5) is 12.8. The first kappa shape index (κ1) is 22.1. The van der Waals surface area contributed by atoms with Gasteiger partial charge in [0.05, 0.1) is 19.1 Å². The fourth-order valence-corrected chi connectivity index (χ4v) is 3.92. The molecular weight excluding hydrogens is 414 g/mol. The topological polar surface area (TPSA) is 81.7 Å². The average molecular weight is 438 g/mol. The van der Waals surface area contributed by atoms with E-state index in [4.69, 9.17) is 9.47 Å². The SMILES string of the molecule is COc1cccc(C(=CC(=O)NS(=O)(=O)c2ccc(C)cc2)c2cccc(OC)c2)c1. The van der Waals surface area contributed by atoms with Crippen molar-refractivity contribution < 1.29 is 22.7 Å². The zero-order valence-corrected chi connectivity index (χ0v) is 18.3. The Morgan fingerprint density at radius 2 is 1.35 bits per heavy atom. The predicted molar refractivity (Wildman–Crippen MR) is 120 cm³/mol. The van der Waals surface area contributed by atoms with Gasteiger partial charge in [0.2, 0.25) is 0 Å². The molecule has 0 aromatic heterocycles. The number of methoxy groups -OCH3 is 2. The lowest BCUT2D eigenvalue weighted by atomic mass is 9.97. The van der Waals surface area contributed by atoms with Gasteiger partial charge >= 0.3 is 0 Å². The minimum absolute atomic E-state index is 0.0177. The number of ether oxygens (including phenoxy) is 2. The molecule has 6 nitrogen and oxygen atoms in total. The molecule has 0 fully saturated rings. The molecule has 0 aliphatic rings. The van der Waals surface area contributed by atoms with Crippen LogP contribution >= 0.6 is 0 Å². The summed E-state index contributed by atoms with van der Waals surface area (Å²) in [7, 11) is -0.904. The lowest BCUT2D eigenvalue weighted by molar-refractivity contribution is -0.114. The maximum Gasteiger partial charge on any atom is 0.264 e. The van der Waals surface area contributed by atoms with Crippen LogP contribution in [0, 0.1) is 6.92 Å². The normalized spacial score (nSPS) is 10.8. The second kappa shape index (κ2) is 9.49. The number of rotatable bonds is 7. The predicted octanol–water partition coefficient (Wildman–Crippen LogP) is 3.95. The molecule has 0 heterocycles. The smallest absolute Gasteiger partial charge is 0.264 e. The van der Waals surface area contributed by atoms with Crippen LogP contribution in [0.2, 0.25) is 0 Å². The second-order valence-electron chi connectivity index (χ2n) is 6.80. The summed E-state index contributed by atoms with van der Waals surface area (Å²) < 4.78 is 37.9. The van der Waals surface area contributed by atoms with Crippen LogP contribution in [-0.4, -0.2) is 28.5 Å². The number of sulfonamides is 1. The number of amides is 1. The number of carbonyl (C=O) groups excluding carboxylic acids is 1. The standard InChI is InChI=1S/C24H23NO5S/c1-17-10-12-22(13-11-17)31(27,28)25-24(26)16-23(18-6-4-8-20(14-18)29-2)19-7-5-9-21(15-19)30-3/h4-16H,1-3H3,(H,25,26). The van der Waals surface area contributed by atoms with Gasteiger partial charge in [-0.25, -0.2) is 13.1 Å². The lowest BCUT2D eigenvalue weighted by Crippen LogP contribution is -2.29. The number of nitrogens with one attached hydrogen (secondary N) is 1. The van der Waals surface area contributed by atoms with Gasteiger partial charge in [-0.3, -0.25) is 4.79 Å². The molecule has 0 spiro atoms. The highest BCUT2D eigenvalue weighted by molar-refractivity contribution is 7.90. The summed E-state index contributed by atoms with van der Waals surface area (Å²) in [6, 6.07) is 20.6. The molecule has 0 saturated carbocycles. The van der Waals surface area contributed by atoms with E-state index < -0.39 is 15.9 Å². The fourth-order valence-electron chi connectivity index (χ4n) is 2.98. The lowest BCUT2D eigenvalue weighted by Gasteiger charge is -2.12. The molecule has 3 aromatic carbocycles. The van der Waals surface area contributed by atoms with Crippen LogP contribution in [0.1, 0.15) is 16.7 Å². The van der Waals surface area contributed by atoms with Crippen LogP contribution in [0.5, 0.6) is 11.5 Å². The van der Waals surface area contributed by atoms with Crippen LogP contribution < -0.4 is 14.2 Å². The highest BCUT2D eigenvalue weighted by Crippen LogP contribution is 2.28. The van der Waals surface area contributed by atoms with Gasteiger partial charge in [-0.1, -0.05) is 42.0 Å². The molecule has 0 aliphatic carbocycles. The third-order valence-corrected chi connectivity index (χ3v) is 5.97. The Labute approximate surface area is 182 Å². The minimum atomic E-state index is -4.01. The van der Waals surface area contributed by atoms with Crippen molar-refractivity contribution in [3.63, 3.8) is 0 Å². The van der Waals surface area contributed by atoms with Crippen molar-refractivity contribution in [2.75, 3.05) is 14.2 Å². The van der Waals surface area contributed by atoms with E-state index in [0.717, 1.165) is 5.56 Å². The van der Waals surface area contributed by atoms with E-state index in [1.54, 1.807) is 62.8 Å². The minimum Gasteiger partial charge on any atom is -0.497 e. The fraction of sp³-hybridized carbons (Fsp3) is 0.125. The highest BCUT2D eigenvalue weighted by atomic mass is 32.2. The molecule has 0 aliphatic heterocycles. The van der Waals surface area contributed by atoms with E-state index in [9.17, 15) is 13.2 Å². The molecule has 0 unspecified atom stereocenters. The van der Waals surface area contributed by atoms with Crippen LogP contribution in [0.3, 0.4) is 0 Å². The third kappa shape index (κ3) is 5.52. The summed E-state index contributed by atoms with van der Waals surface area (Å²) in [5, 5.41) is 0. The number of carbonyl (C=O) groups is 1. The van der Waals surface area contributed by atoms with Crippen LogP contribution in [-0.2, 0) is 14.8 Å². The molecule has 3 aromatic rings. The van der Waals surface area contributed by atoms with Gasteiger partial charge in [0.15, 0.2) is 0 Å². The van der Waals surface area contributed by atoms with Gasteiger partial charge in [0.1, 0.15) is 11.5 Å². The second-order valence-corrected chi connectivity index (χ2v) is 8.49. The molecular formula is C24H23NO5S. The van der Waals surface area contributed by atoms with Gasteiger partial charge in [0.25, 0.3) is 15.9 Å². The van der Waals surface area contributed by atoms with E-state index in [-0.39, 0.29) is 4.90 Å². The van der Waals surface area contributed by atoms with Crippen molar-refractivity contribution in [2.24, 2.45) is 0 Å². The molecule has 160 valence electrons. The zero-order chi connectivity index (χ0) is 22.4. The van der Waals surface area contributed by atoms with E-state index in [1.165, 1.54) is 18.2 Å². The van der Waals surface area contributed by atoms with Crippen molar-refractivity contribution in [3.8, 4) is 11.5 Å². The summed E-state index contributed by atoms with van der Waals surface area (Å²) >= 11 is 0. The molecule has 0 atom stereocenters. The van der Waals surface area contributed by atoms with E-state index in [1.807, 2.05) is 19.1 Å². The van der Waals surface area contributed by atoms with Crippen LogP contribution in [0.25, 0.3) is 5.57 Å². The van der Waals surface area contributed by atoms with Crippen molar-refractivity contribution in [1.82, 2.24) is 4.72 Å². The molecule has 7 heteroatoms. The average Bonchev–Trinajstić information content (AvgIpc) is 2.77. The Hall–Kier alpha value is -3.58. The molecule has 31 heavy (non-hydrogen) atoms. The van der Waals surface area contributed by atoms with Crippen molar-refractivity contribution in [1.29, 1.82) is 0 Å². The molecule has 3 rings (SSSR count). The molecule has 1 amide bonds. The Morgan fingerprint density at radius 1 is 0.839 bits per heavy atom. The Morgan fingerprint density at radius 3 is 1.84 bits per heavy atom. The van der Waals surface area contributed by atoms with Crippen molar-refractivity contribution >= 4 is 21.5 Å². The Kier molecular flexibility index (Phi) is 6.77. The summed E-state index contributed by atoms with van der Waals surface area (Å²) in [6.45, 7) is 1.85. The number of hydrogen-bond donors (Lipinski definition) is 1.